The van der Waals surface area contributed by atoms with Gasteiger partial charge in [0.1, 0.15) is 5.82 Å². The lowest BCUT2D eigenvalue weighted by molar-refractivity contribution is 0.281. The molecule has 3 aromatic rings. The zero-order valence-electron chi connectivity index (χ0n) is 17.6. The summed E-state index contributed by atoms with van der Waals surface area (Å²) in [6.07, 6.45) is 2.99. The van der Waals surface area contributed by atoms with Crippen LogP contribution in [0.3, 0.4) is 0 Å². The molecule has 1 heterocycles. The summed E-state index contributed by atoms with van der Waals surface area (Å²) in [6, 6.07) is 14.4. The Labute approximate surface area is 183 Å². The molecule has 0 spiro atoms. The largest absolute Gasteiger partial charge is 0.394 e. The first-order chi connectivity index (χ1) is 14.8. The molecular weight excluding hydrogens is 410 g/mol. The fraction of sp³-hybridized carbons (Fsp3) is 0.217. The highest BCUT2D eigenvalue weighted by Crippen LogP contribution is 2.21. The Bertz CT molecular complexity index is 1250. The summed E-state index contributed by atoms with van der Waals surface area (Å²) >= 11 is 0. The van der Waals surface area contributed by atoms with Gasteiger partial charge in [-0.3, -0.25) is 0 Å². The highest BCUT2D eigenvalue weighted by atomic mass is 32.2. The minimum absolute atomic E-state index is 0.0617. The number of anilines is 3. The molecule has 2 aromatic carbocycles. The Morgan fingerprint density at radius 1 is 1.16 bits per heavy atom. The van der Waals surface area contributed by atoms with E-state index >= 15 is 0 Å². The Kier molecular flexibility index (Phi) is 6.90. The molecule has 0 saturated carbocycles. The molecule has 0 bridgehead atoms. The average Bonchev–Trinajstić information content (AvgIpc) is 2.74. The van der Waals surface area contributed by atoms with E-state index in [0.29, 0.717) is 27.9 Å². The van der Waals surface area contributed by atoms with Crippen molar-refractivity contribution in [3.63, 3.8) is 0 Å². The Hall–Kier alpha value is -3.41. The van der Waals surface area contributed by atoms with Gasteiger partial charge in [0.25, 0.3) is 0 Å². The number of benzene rings is 2. The van der Waals surface area contributed by atoms with Crippen molar-refractivity contribution in [2.45, 2.75) is 24.8 Å². The summed E-state index contributed by atoms with van der Waals surface area (Å²) in [6.45, 7) is 3.78. The van der Waals surface area contributed by atoms with Gasteiger partial charge in [0.2, 0.25) is 5.95 Å². The van der Waals surface area contributed by atoms with Crippen LogP contribution in [0.15, 0.2) is 59.6 Å². The molecule has 2 atom stereocenters. The number of aliphatic hydroxyl groups excluding tert-OH is 1. The number of nitrogens with one attached hydrogen (secondary N) is 3. The predicted molar refractivity (Wildman–Crippen MR) is 124 cm³/mol. The number of aryl methyl sites for hydroxylation is 1. The van der Waals surface area contributed by atoms with Crippen molar-refractivity contribution in [1.82, 2.24) is 9.97 Å². The van der Waals surface area contributed by atoms with Crippen molar-refractivity contribution >= 4 is 27.2 Å². The summed E-state index contributed by atoms with van der Waals surface area (Å²) in [4.78, 5) is 9.29. The van der Waals surface area contributed by atoms with Crippen LogP contribution in [0, 0.1) is 23.5 Å². The maximum absolute atomic E-state index is 12.0. The van der Waals surface area contributed by atoms with Gasteiger partial charge in [0, 0.05) is 28.4 Å². The lowest BCUT2D eigenvalue weighted by Crippen LogP contribution is -2.21. The molecule has 0 radical (unpaired) electrons. The number of rotatable bonds is 6. The molecule has 1 unspecified atom stereocenters. The number of hydrogen-bond acceptors (Lipinski definition) is 7. The lowest BCUT2D eigenvalue weighted by Gasteiger charge is -2.14. The van der Waals surface area contributed by atoms with E-state index in [0.717, 1.165) is 11.1 Å². The maximum atomic E-state index is 12.0. The summed E-state index contributed by atoms with van der Waals surface area (Å²) in [7, 11) is -2.83. The van der Waals surface area contributed by atoms with E-state index in [1.807, 2.05) is 38.1 Å². The van der Waals surface area contributed by atoms with Gasteiger partial charge >= 0.3 is 0 Å². The van der Waals surface area contributed by atoms with Crippen LogP contribution in [0.4, 0.5) is 17.5 Å². The second-order valence-electron chi connectivity index (χ2n) is 7.25. The average molecular weight is 436 g/mol. The molecule has 0 aliphatic heterocycles. The number of aliphatic hydroxyl groups is 1. The summed E-state index contributed by atoms with van der Waals surface area (Å²) in [5.41, 5.74) is 3.22. The van der Waals surface area contributed by atoms with Gasteiger partial charge in [0.05, 0.1) is 28.1 Å². The molecule has 0 fully saturated rings. The van der Waals surface area contributed by atoms with Crippen LogP contribution >= 0.6 is 0 Å². The normalized spacial score (nSPS) is 13.4. The first-order valence-corrected chi connectivity index (χ1v) is 11.7. The molecule has 3 rings (SSSR count). The fourth-order valence-corrected chi connectivity index (χ4v) is 3.41. The summed E-state index contributed by atoms with van der Waals surface area (Å²) < 4.78 is 19.8. The third-order valence-electron chi connectivity index (χ3n) is 4.46. The van der Waals surface area contributed by atoms with Gasteiger partial charge in [-0.1, -0.05) is 36.1 Å². The Morgan fingerprint density at radius 2 is 1.90 bits per heavy atom. The molecule has 7 nitrogen and oxygen atoms in total. The monoisotopic (exact) mass is 435 g/mol. The third-order valence-corrected chi connectivity index (χ3v) is 5.62. The van der Waals surface area contributed by atoms with E-state index in [-0.39, 0.29) is 12.6 Å². The number of nitrogens with zero attached hydrogens (tertiary/aromatic N) is 2. The smallest absolute Gasteiger partial charge is 0.229 e. The van der Waals surface area contributed by atoms with Crippen molar-refractivity contribution in [3.8, 4) is 11.8 Å². The van der Waals surface area contributed by atoms with Crippen molar-refractivity contribution in [1.29, 1.82) is 4.78 Å². The van der Waals surface area contributed by atoms with E-state index < -0.39 is 9.73 Å². The first-order valence-electron chi connectivity index (χ1n) is 9.69. The van der Waals surface area contributed by atoms with E-state index in [1.165, 1.54) is 6.26 Å². The highest BCUT2D eigenvalue weighted by Gasteiger charge is 2.10. The van der Waals surface area contributed by atoms with Crippen molar-refractivity contribution in [2.24, 2.45) is 0 Å². The molecule has 31 heavy (non-hydrogen) atoms. The van der Waals surface area contributed by atoms with Gasteiger partial charge < -0.3 is 15.7 Å². The van der Waals surface area contributed by atoms with Crippen LogP contribution in [0.2, 0.25) is 0 Å². The summed E-state index contributed by atoms with van der Waals surface area (Å²) in [5, 5.41) is 15.7. The molecule has 4 N–H and O–H groups in total. The number of hydrogen-bond donors (Lipinski definition) is 4. The summed E-state index contributed by atoms with van der Waals surface area (Å²) in [5.74, 6) is 7.07. The van der Waals surface area contributed by atoms with Crippen molar-refractivity contribution in [2.75, 3.05) is 23.5 Å². The van der Waals surface area contributed by atoms with Crippen LogP contribution < -0.4 is 10.6 Å². The molecular formula is C23H25N5O2S. The van der Waals surface area contributed by atoms with Gasteiger partial charge in [-0.2, -0.15) is 4.98 Å². The molecule has 0 saturated heterocycles. The van der Waals surface area contributed by atoms with Crippen molar-refractivity contribution in [3.05, 3.63) is 71.4 Å². The molecule has 1 aromatic heterocycles. The van der Waals surface area contributed by atoms with E-state index in [9.17, 15) is 9.32 Å². The van der Waals surface area contributed by atoms with E-state index in [4.69, 9.17) is 4.78 Å². The Balaban J connectivity index is 1.94. The molecule has 0 aliphatic rings. The van der Waals surface area contributed by atoms with Crippen LogP contribution in [-0.2, 0) is 9.73 Å². The SMILES string of the molecule is Cc1ccccc1C#Cc1cnc(Nc2cccc(S(C)(=N)=O)c2)nc1N[C@H](C)CO. The zero-order valence-corrected chi connectivity index (χ0v) is 18.5. The maximum Gasteiger partial charge on any atom is 0.229 e. The molecule has 8 heteroatoms. The standard InChI is InChI=1S/C23H25N5O2S/c1-16-7-4-5-8-18(16)11-12-19-14-25-23(28-22(19)26-17(2)15-29)27-20-9-6-10-21(13-20)31(3,24)30/h4-10,13-14,17,24,29H,15H2,1-3H3,(H2,25,26,27,28)/t17-,31?/m1/s1. The molecule has 0 amide bonds. The van der Waals surface area contributed by atoms with Crippen LogP contribution in [0.1, 0.15) is 23.6 Å². The van der Waals surface area contributed by atoms with Crippen molar-refractivity contribution < 1.29 is 9.32 Å². The van der Waals surface area contributed by atoms with Crippen LogP contribution in [0.5, 0.6) is 0 Å². The second-order valence-corrected chi connectivity index (χ2v) is 9.40. The quantitative estimate of drug-likeness (QED) is 0.439. The van der Waals surface area contributed by atoms with E-state index in [2.05, 4.69) is 32.4 Å². The number of aromatic nitrogens is 2. The van der Waals surface area contributed by atoms with Gasteiger partial charge in [-0.25, -0.2) is 14.0 Å². The van der Waals surface area contributed by atoms with Gasteiger partial charge in [-0.15, -0.1) is 0 Å². The minimum Gasteiger partial charge on any atom is -0.394 e. The third kappa shape index (κ3) is 6.04. The van der Waals surface area contributed by atoms with Crippen LogP contribution in [-0.4, -0.2) is 38.2 Å². The molecule has 0 aliphatic carbocycles. The van der Waals surface area contributed by atoms with Gasteiger partial charge in [0.15, 0.2) is 0 Å². The first kappa shape index (κ1) is 22.3. The minimum atomic E-state index is -2.83. The Morgan fingerprint density at radius 3 is 2.61 bits per heavy atom. The second kappa shape index (κ2) is 9.60. The van der Waals surface area contributed by atoms with Gasteiger partial charge in [-0.05, 0) is 43.7 Å². The predicted octanol–water partition coefficient (Wildman–Crippen LogP) is 3.76. The van der Waals surface area contributed by atoms with E-state index in [1.54, 1.807) is 30.5 Å². The van der Waals surface area contributed by atoms with Crippen LogP contribution in [0.25, 0.3) is 0 Å². The highest BCUT2D eigenvalue weighted by molar-refractivity contribution is 7.91. The fourth-order valence-electron chi connectivity index (χ4n) is 2.72. The topological polar surface area (TPSA) is 111 Å². The zero-order chi connectivity index (χ0) is 22.4. The molecule has 160 valence electrons. The lowest BCUT2D eigenvalue weighted by atomic mass is 10.1.